The third-order valence-electron chi connectivity index (χ3n) is 4.66. The Balaban J connectivity index is 1.80. The Morgan fingerprint density at radius 3 is 2.71 bits per heavy atom. The zero-order chi connectivity index (χ0) is 14.8. The van der Waals surface area contributed by atoms with Crippen molar-refractivity contribution in [2.75, 3.05) is 13.2 Å². The minimum atomic E-state index is 0.0340. The van der Waals surface area contributed by atoms with Gasteiger partial charge in [-0.05, 0) is 31.7 Å². The number of carbonyl (C=O) groups is 1. The maximum absolute atomic E-state index is 12.9. The summed E-state index contributed by atoms with van der Waals surface area (Å²) in [6, 6.07) is 10.4. The van der Waals surface area contributed by atoms with Crippen LogP contribution in [0.2, 0.25) is 0 Å². The van der Waals surface area contributed by atoms with Gasteiger partial charge in [0.1, 0.15) is 0 Å². The molecule has 0 aromatic heterocycles. The number of nitrogens with two attached hydrogens (primary N) is 1. The highest BCUT2D eigenvalue weighted by Gasteiger charge is 2.37. The highest BCUT2D eigenvalue weighted by atomic mass is 16.5. The molecule has 2 aliphatic rings. The first-order chi connectivity index (χ1) is 10.1. The first-order valence-electron chi connectivity index (χ1n) is 7.87. The standard InChI is InChI=1S/C17H24N2O2/c1-12-10-19(17(20)14-7-8-15(18)9-14)16(11-21-12)13-5-3-2-4-6-13/h2-6,12,14-16H,7-11,18H2,1H3/t12-,14-,15+,16+/m1/s1. The van der Waals surface area contributed by atoms with E-state index in [1.807, 2.05) is 30.0 Å². The molecule has 1 aliphatic heterocycles. The molecule has 0 bridgehead atoms. The maximum Gasteiger partial charge on any atom is 0.226 e. The number of nitrogens with zero attached hydrogens (tertiary/aromatic N) is 1. The molecule has 1 aromatic carbocycles. The van der Waals surface area contributed by atoms with Crippen molar-refractivity contribution in [3.8, 4) is 0 Å². The Morgan fingerprint density at radius 2 is 2.05 bits per heavy atom. The molecule has 1 saturated carbocycles. The predicted molar refractivity (Wildman–Crippen MR) is 81.6 cm³/mol. The van der Waals surface area contributed by atoms with E-state index in [9.17, 15) is 4.79 Å². The number of carbonyl (C=O) groups excluding carboxylic acids is 1. The van der Waals surface area contributed by atoms with Gasteiger partial charge in [-0.1, -0.05) is 30.3 Å². The summed E-state index contributed by atoms with van der Waals surface area (Å²) >= 11 is 0. The number of hydrogen-bond acceptors (Lipinski definition) is 3. The molecule has 4 atom stereocenters. The Kier molecular flexibility index (Phi) is 4.27. The maximum atomic E-state index is 12.9. The van der Waals surface area contributed by atoms with Crippen LogP contribution in [0.1, 0.15) is 37.8 Å². The molecule has 0 spiro atoms. The number of amides is 1. The largest absolute Gasteiger partial charge is 0.374 e. The minimum absolute atomic E-state index is 0.0340. The van der Waals surface area contributed by atoms with E-state index >= 15 is 0 Å². The zero-order valence-electron chi connectivity index (χ0n) is 12.6. The quantitative estimate of drug-likeness (QED) is 0.906. The second kappa shape index (κ2) is 6.16. The van der Waals surface area contributed by atoms with Gasteiger partial charge in [-0.3, -0.25) is 4.79 Å². The third kappa shape index (κ3) is 3.11. The minimum Gasteiger partial charge on any atom is -0.374 e. The molecular formula is C17H24N2O2. The fourth-order valence-corrected chi connectivity index (χ4v) is 3.47. The lowest BCUT2D eigenvalue weighted by atomic mass is 9.99. The van der Waals surface area contributed by atoms with Crippen LogP contribution in [0.4, 0.5) is 0 Å². The summed E-state index contributed by atoms with van der Waals surface area (Å²) in [6.45, 7) is 3.28. The van der Waals surface area contributed by atoms with E-state index in [-0.39, 0.29) is 30.0 Å². The van der Waals surface area contributed by atoms with Crippen LogP contribution in [-0.2, 0) is 9.53 Å². The van der Waals surface area contributed by atoms with E-state index in [4.69, 9.17) is 10.5 Å². The first kappa shape index (κ1) is 14.5. The summed E-state index contributed by atoms with van der Waals surface area (Å²) in [6.07, 6.45) is 2.81. The van der Waals surface area contributed by atoms with Crippen molar-refractivity contribution in [1.29, 1.82) is 0 Å². The fourth-order valence-electron chi connectivity index (χ4n) is 3.47. The Hall–Kier alpha value is -1.39. The van der Waals surface area contributed by atoms with Crippen LogP contribution in [-0.4, -0.2) is 36.1 Å². The van der Waals surface area contributed by atoms with Crippen LogP contribution < -0.4 is 5.73 Å². The monoisotopic (exact) mass is 288 g/mol. The average molecular weight is 288 g/mol. The third-order valence-corrected chi connectivity index (χ3v) is 4.66. The van der Waals surface area contributed by atoms with Gasteiger partial charge < -0.3 is 15.4 Å². The molecule has 0 radical (unpaired) electrons. The molecule has 2 N–H and O–H groups in total. The van der Waals surface area contributed by atoms with E-state index in [0.717, 1.165) is 24.8 Å². The van der Waals surface area contributed by atoms with Crippen molar-refractivity contribution in [3.63, 3.8) is 0 Å². The molecule has 21 heavy (non-hydrogen) atoms. The van der Waals surface area contributed by atoms with Gasteiger partial charge in [0.15, 0.2) is 0 Å². The van der Waals surface area contributed by atoms with Gasteiger partial charge in [-0.2, -0.15) is 0 Å². The molecule has 3 rings (SSSR count). The van der Waals surface area contributed by atoms with Gasteiger partial charge in [-0.15, -0.1) is 0 Å². The second-order valence-electron chi connectivity index (χ2n) is 6.33. The molecule has 1 aromatic rings. The number of hydrogen-bond donors (Lipinski definition) is 1. The van der Waals surface area contributed by atoms with Crippen LogP contribution in [0.25, 0.3) is 0 Å². The normalized spacial score (nSPS) is 33.1. The smallest absolute Gasteiger partial charge is 0.226 e. The molecule has 1 heterocycles. The molecule has 114 valence electrons. The second-order valence-corrected chi connectivity index (χ2v) is 6.33. The molecule has 4 nitrogen and oxygen atoms in total. The number of ether oxygens (including phenoxy) is 1. The summed E-state index contributed by atoms with van der Waals surface area (Å²) in [5.74, 6) is 0.350. The van der Waals surface area contributed by atoms with E-state index < -0.39 is 0 Å². The lowest BCUT2D eigenvalue weighted by molar-refractivity contribution is -0.148. The first-order valence-corrected chi connectivity index (χ1v) is 7.87. The van der Waals surface area contributed by atoms with Crippen LogP contribution >= 0.6 is 0 Å². The summed E-state index contributed by atoms with van der Waals surface area (Å²) in [5, 5.41) is 0. The highest BCUT2D eigenvalue weighted by Crippen LogP contribution is 2.32. The SMILES string of the molecule is C[C@@H]1CN(C(=O)[C@@H]2CC[C@H](N)C2)[C@H](c2ccccc2)CO1. The van der Waals surface area contributed by atoms with Crippen molar-refractivity contribution in [2.24, 2.45) is 11.7 Å². The van der Waals surface area contributed by atoms with E-state index in [2.05, 4.69) is 12.1 Å². The number of morpholine rings is 1. The van der Waals surface area contributed by atoms with E-state index in [1.54, 1.807) is 0 Å². The molecule has 1 aliphatic carbocycles. The summed E-state index contributed by atoms with van der Waals surface area (Å²) in [4.78, 5) is 14.9. The zero-order valence-corrected chi connectivity index (χ0v) is 12.6. The van der Waals surface area contributed by atoms with Gasteiger partial charge in [-0.25, -0.2) is 0 Å². The topological polar surface area (TPSA) is 55.6 Å². The fraction of sp³-hybridized carbons (Fsp3) is 0.588. The van der Waals surface area contributed by atoms with Crippen molar-refractivity contribution < 1.29 is 9.53 Å². The lowest BCUT2D eigenvalue weighted by Crippen LogP contribution is -2.48. The van der Waals surface area contributed by atoms with Crippen LogP contribution in [0.15, 0.2) is 30.3 Å². The molecule has 4 heteroatoms. The van der Waals surface area contributed by atoms with Crippen molar-refractivity contribution >= 4 is 5.91 Å². The number of benzene rings is 1. The van der Waals surface area contributed by atoms with Crippen molar-refractivity contribution in [3.05, 3.63) is 35.9 Å². The lowest BCUT2D eigenvalue weighted by Gasteiger charge is -2.40. The Morgan fingerprint density at radius 1 is 1.29 bits per heavy atom. The van der Waals surface area contributed by atoms with E-state index in [1.165, 1.54) is 0 Å². The predicted octanol–water partition coefficient (Wildman–Crippen LogP) is 2.10. The van der Waals surface area contributed by atoms with Gasteiger partial charge in [0.05, 0.1) is 18.8 Å². The molecule has 2 fully saturated rings. The molecular weight excluding hydrogens is 264 g/mol. The van der Waals surface area contributed by atoms with Crippen LogP contribution in [0.5, 0.6) is 0 Å². The molecule has 1 amide bonds. The Bertz CT molecular complexity index is 491. The highest BCUT2D eigenvalue weighted by molar-refractivity contribution is 5.80. The van der Waals surface area contributed by atoms with Crippen molar-refractivity contribution in [1.82, 2.24) is 4.90 Å². The number of rotatable bonds is 2. The average Bonchev–Trinajstić information content (AvgIpc) is 2.94. The van der Waals surface area contributed by atoms with Gasteiger partial charge in [0, 0.05) is 18.5 Å². The van der Waals surface area contributed by atoms with Crippen LogP contribution in [0, 0.1) is 5.92 Å². The molecule has 1 saturated heterocycles. The van der Waals surface area contributed by atoms with E-state index in [0.29, 0.717) is 13.2 Å². The van der Waals surface area contributed by atoms with Gasteiger partial charge in [0.25, 0.3) is 0 Å². The summed E-state index contributed by atoms with van der Waals surface area (Å²) in [7, 11) is 0. The molecule has 0 unspecified atom stereocenters. The summed E-state index contributed by atoms with van der Waals surface area (Å²) in [5.41, 5.74) is 7.12. The van der Waals surface area contributed by atoms with Crippen molar-refractivity contribution in [2.45, 2.75) is 44.4 Å². The van der Waals surface area contributed by atoms with Crippen LogP contribution in [0.3, 0.4) is 0 Å². The Labute approximate surface area is 126 Å². The van der Waals surface area contributed by atoms with Gasteiger partial charge in [0.2, 0.25) is 5.91 Å². The summed E-state index contributed by atoms with van der Waals surface area (Å²) < 4.78 is 5.79. The van der Waals surface area contributed by atoms with Gasteiger partial charge >= 0.3 is 0 Å².